The van der Waals surface area contributed by atoms with Crippen molar-refractivity contribution in [1.29, 1.82) is 0 Å². The van der Waals surface area contributed by atoms with Crippen molar-refractivity contribution in [3.05, 3.63) is 82.4 Å². The highest BCUT2D eigenvalue weighted by molar-refractivity contribution is 5.91. The molecule has 1 aliphatic heterocycles. The van der Waals surface area contributed by atoms with Crippen LogP contribution in [0.4, 0.5) is 5.82 Å². The van der Waals surface area contributed by atoms with Crippen LogP contribution in [0.3, 0.4) is 0 Å². The molecule has 0 bridgehead atoms. The number of pyridine rings is 1. The normalized spacial score (nSPS) is 13.9. The van der Waals surface area contributed by atoms with Crippen LogP contribution in [0.1, 0.15) is 41.7 Å². The Kier molecular flexibility index (Phi) is 7.68. The van der Waals surface area contributed by atoms with E-state index >= 15 is 0 Å². The Morgan fingerprint density at radius 3 is 2.48 bits per heavy atom. The number of amides is 1. The lowest BCUT2D eigenvalue weighted by Gasteiger charge is -2.21. The first kappa shape index (κ1) is 22.5. The smallest absolute Gasteiger partial charge is 0.271 e. The Bertz CT molecular complexity index is 1090. The summed E-state index contributed by atoms with van der Waals surface area (Å²) in [6.45, 7) is 2.94. The minimum atomic E-state index is -0.343. The number of hydrogen-bond donors (Lipinski definition) is 1. The largest absolute Gasteiger partial charge is 0.492 e. The van der Waals surface area contributed by atoms with Crippen molar-refractivity contribution in [3.63, 3.8) is 0 Å². The second kappa shape index (κ2) is 11.3. The van der Waals surface area contributed by atoms with Crippen LogP contribution in [-0.4, -0.2) is 40.4 Å². The first-order valence-electron chi connectivity index (χ1n) is 11.4. The van der Waals surface area contributed by atoms with Gasteiger partial charge in [-0.2, -0.15) is 5.10 Å². The first-order chi connectivity index (χ1) is 16.2. The van der Waals surface area contributed by atoms with Crippen molar-refractivity contribution in [2.24, 2.45) is 0 Å². The van der Waals surface area contributed by atoms with Crippen LogP contribution in [-0.2, 0) is 13.1 Å². The van der Waals surface area contributed by atoms with E-state index in [9.17, 15) is 9.59 Å². The fourth-order valence-corrected chi connectivity index (χ4v) is 3.78. The number of nitrogens with one attached hydrogen (secondary N) is 1. The van der Waals surface area contributed by atoms with Crippen LogP contribution in [0.25, 0.3) is 0 Å². The summed E-state index contributed by atoms with van der Waals surface area (Å²) in [5.41, 5.74) is 0.812. The molecule has 1 saturated heterocycles. The van der Waals surface area contributed by atoms with Gasteiger partial charge in [0.05, 0.1) is 6.54 Å². The van der Waals surface area contributed by atoms with E-state index in [-0.39, 0.29) is 30.3 Å². The van der Waals surface area contributed by atoms with Crippen molar-refractivity contribution in [2.45, 2.75) is 38.8 Å². The molecule has 3 aromatic rings. The molecule has 2 aromatic heterocycles. The average Bonchev–Trinajstić information content (AvgIpc) is 3.14. The first-order valence-corrected chi connectivity index (χ1v) is 11.4. The van der Waals surface area contributed by atoms with Crippen LogP contribution < -0.4 is 20.5 Å². The van der Waals surface area contributed by atoms with Crippen LogP contribution in [0.2, 0.25) is 0 Å². The topological polar surface area (TPSA) is 89.4 Å². The number of hydrogen-bond acceptors (Lipinski definition) is 6. The molecule has 4 rings (SSSR count). The van der Waals surface area contributed by atoms with Gasteiger partial charge >= 0.3 is 0 Å². The van der Waals surface area contributed by atoms with E-state index in [0.29, 0.717) is 6.54 Å². The van der Waals surface area contributed by atoms with Crippen molar-refractivity contribution >= 4 is 11.7 Å². The summed E-state index contributed by atoms with van der Waals surface area (Å²) in [7, 11) is 0. The molecule has 0 saturated carbocycles. The summed E-state index contributed by atoms with van der Waals surface area (Å²) in [5, 5.41) is 7.04. The zero-order valence-corrected chi connectivity index (χ0v) is 18.7. The average molecular weight is 448 g/mol. The molecular weight excluding hydrogens is 418 g/mol. The van der Waals surface area contributed by atoms with Gasteiger partial charge in [-0.05, 0) is 42.7 Å². The van der Waals surface area contributed by atoms with E-state index in [1.54, 1.807) is 6.20 Å². The Labute approximate surface area is 193 Å². The van der Waals surface area contributed by atoms with Gasteiger partial charge in [0.2, 0.25) is 0 Å². The third-order valence-electron chi connectivity index (χ3n) is 5.61. The number of carbonyl (C=O) groups is 1. The molecule has 33 heavy (non-hydrogen) atoms. The fourth-order valence-electron chi connectivity index (χ4n) is 3.78. The van der Waals surface area contributed by atoms with Crippen LogP contribution in [0.5, 0.6) is 5.75 Å². The van der Waals surface area contributed by atoms with Gasteiger partial charge in [-0.3, -0.25) is 9.59 Å². The van der Waals surface area contributed by atoms with Gasteiger partial charge in [-0.25, -0.2) is 9.67 Å². The summed E-state index contributed by atoms with van der Waals surface area (Å²) in [5.74, 6) is 1.36. The molecular formula is C25H29N5O3. The molecule has 8 heteroatoms. The number of benzene rings is 1. The molecule has 0 atom stereocenters. The maximum Gasteiger partial charge on any atom is 0.271 e. The van der Waals surface area contributed by atoms with Gasteiger partial charge in [-0.1, -0.05) is 37.1 Å². The van der Waals surface area contributed by atoms with E-state index in [1.807, 2.05) is 42.5 Å². The number of ether oxygens (including phenoxy) is 1. The second-order valence-electron chi connectivity index (χ2n) is 8.05. The summed E-state index contributed by atoms with van der Waals surface area (Å²) in [4.78, 5) is 31.6. The molecule has 0 radical (unpaired) electrons. The van der Waals surface area contributed by atoms with Crippen LogP contribution in [0, 0.1) is 0 Å². The quantitative estimate of drug-likeness (QED) is 0.571. The summed E-state index contributed by atoms with van der Waals surface area (Å²) >= 11 is 0. The maximum absolute atomic E-state index is 12.6. The van der Waals surface area contributed by atoms with Gasteiger partial charge in [0.15, 0.2) is 0 Å². The molecule has 1 aromatic carbocycles. The highest BCUT2D eigenvalue weighted by Gasteiger charge is 2.12. The molecule has 1 aliphatic rings. The SMILES string of the molecule is O=C(NCc1ccc(N2CCCCCC2)nc1)c1ccc(=O)n(CCOc2ccccc2)n1. The summed E-state index contributed by atoms with van der Waals surface area (Å²) in [6, 6.07) is 16.1. The number of rotatable bonds is 8. The van der Waals surface area contributed by atoms with Crippen LogP contribution in [0.15, 0.2) is 65.6 Å². The lowest BCUT2D eigenvalue weighted by molar-refractivity contribution is 0.0943. The minimum absolute atomic E-state index is 0.184. The molecule has 8 nitrogen and oxygen atoms in total. The van der Waals surface area contributed by atoms with E-state index in [4.69, 9.17) is 4.74 Å². The van der Waals surface area contributed by atoms with E-state index in [0.717, 1.165) is 30.2 Å². The Morgan fingerprint density at radius 2 is 1.76 bits per heavy atom. The number of para-hydroxylation sites is 1. The number of anilines is 1. The summed E-state index contributed by atoms with van der Waals surface area (Å²) in [6.07, 6.45) is 6.76. The van der Waals surface area contributed by atoms with Crippen molar-refractivity contribution < 1.29 is 9.53 Å². The molecule has 0 aliphatic carbocycles. The van der Waals surface area contributed by atoms with Gasteiger partial charge in [0.1, 0.15) is 23.9 Å². The lowest BCUT2D eigenvalue weighted by Crippen LogP contribution is -2.30. The fraction of sp³-hybridized carbons (Fsp3) is 0.360. The number of carbonyl (C=O) groups excluding carboxylic acids is 1. The second-order valence-corrected chi connectivity index (χ2v) is 8.05. The van der Waals surface area contributed by atoms with Crippen LogP contribution >= 0.6 is 0 Å². The molecule has 3 heterocycles. The van der Waals surface area contributed by atoms with E-state index in [2.05, 4.69) is 20.3 Å². The summed E-state index contributed by atoms with van der Waals surface area (Å²) < 4.78 is 6.87. The highest BCUT2D eigenvalue weighted by Crippen LogP contribution is 2.17. The zero-order valence-electron chi connectivity index (χ0n) is 18.7. The van der Waals surface area contributed by atoms with Gasteiger partial charge < -0.3 is 15.0 Å². The Hall–Kier alpha value is -3.68. The van der Waals surface area contributed by atoms with E-state index < -0.39 is 0 Å². The maximum atomic E-state index is 12.6. The lowest BCUT2D eigenvalue weighted by atomic mass is 10.2. The third-order valence-corrected chi connectivity index (χ3v) is 5.61. The predicted octanol–water partition coefficient (Wildman–Crippen LogP) is 3.03. The predicted molar refractivity (Wildman–Crippen MR) is 127 cm³/mol. The molecule has 0 unspecified atom stereocenters. The van der Waals surface area contributed by atoms with E-state index in [1.165, 1.54) is 42.5 Å². The van der Waals surface area contributed by atoms with Gasteiger partial charge in [0, 0.05) is 31.9 Å². The molecule has 1 fully saturated rings. The number of nitrogens with zero attached hydrogens (tertiary/aromatic N) is 4. The molecule has 0 spiro atoms. The monoisotopic (exact) mass is 447 g/mol. The molecule has 1 amide bonds. The molecule has 172 valence electrons. The Morgan fingerprint density at radius 1 is 0.970 bits per heavy atom. The molecule has 1 N–H and O–H groups in total. The zero-order chi connectivity index (χ0) is 22.9. The van der Waals surface area contributed by atoms with Crippen molar-refractivity contribution in [2.75, 3.05) is 24.6 Å². The van der Waals surface area contributed by atoms with Crippen molar-refractivity contribution in [1.82, 2.24) is 20.1 Å². The number of aromatic nitrogens is 3. The standard InChI is InChI=1S/C25H29N5O3/c31-24-13-11-22(28-30(24)16-17-33-21-8-4-3-5-9-21)25(32)27-19-20-10-12-23(26-18-20)29-14-6-1-2-7-15-29/h3-5,8-13,18H,1-2,6-7,14-17,19H2,(H,27,32). The Balaban J connectivity index is 1.30. The minimum Gasteiger partial charge on any atom is -0.492 e. The third kappa shape index (κ3) is 6.41. The van der Waals surface area contributed by atoms with Crippen molar-refractivity contribution in [3.8, 4) is 5.75 Å². The van der Waals surface area contributed by atoms with Gasteiger partial charge in [-0.15, -0.1) is 0 Å². The highest BCUT2D eigenvalue weighted by atomic mass is 16.5. The van der Waals surface area contributed by atoms with Gasteiger partial charge in [0.25, 0.3) is 11.5 Å².